The second kappa shape index (κ2) is 5.97. The zero-order chi connectivity index (χ0) is 9.52. The number of likely N-dealkylation sites (tertiary alicyclic amines) is 1. The van der Waals surface area contributed by atoms with Crippen LogP contribution in [0.25, 0.3) is 0 Å². The number of nitrogens with zero attached hydrogens (tertiary/aromatic N) is 1. The quantitative estimate of drug-likeness (QED) is 0.661. The number of carbonyl (C=O) groups is 1. The molecule has 1 saturated heterocycles. The van der Waals surface area contributed by atoms with Gasteiger partial charge in [0.15, 0.2) is 0 Å². The van der Waals surface area contributed by atoms with E-state index in [0.29, 0.717) is 5.91 Å². The summed E-state index contributed by atoms with van der Waals surface area (Å²) in [5, 5.41) is 3.24. The van der Waals surface area contributed by atoms with Crippen molar-refractivity contribution in [1.82, 2.24) is 10.2 Å². The average Bonchev–Trinajstić information content (AvgIpc) is 2.32. The van der Waals surface area contributed by atoms with Gasteiger partial charge in [-0.2, -0.15) is 0 Å². The Morgan fingerprint density at radius 1 is 1.38 bits per heavy atom. The maximum atomic E-state index is 11.5. The number of amides is 1. The van der Waals surface area contributed by atoms with Gasteiger partial charge in [-0.15, -0.1) is 0 Å². The predicted molar refractivity (Wildman–Crippen MR) is 53.6 cm³/mol. The number of carbonyl (C=O) groups excluding carboxylic acids is 1. The Balaban J connectivity index is 2.24. The van der Waals surface area contributed by atoms with Crippen LogP contribution in [0.15, 0.2) is 0 Å². The Hall–Kier alpha value is -0.570. The monoisotopic (exact) mass is 184 g/mol. The van der Waals surface area contributed by atoms with Crippen LogP contribution in [0.5, 0.6) is 0 Å². The van der Waals surface area contributed by atoms with Crippen molar-refractivity contribution in [2.45, 2.75) is 32.6 Å². The molecule has 0 aromatic heterocycles. The van der Waals surface area contributed by atoms with Crippen LogP contribution in [0, 0.1) is 0 Å². The largest absolute Gasteiger partial charge is 0.341 e. The molecular weight excluding hydrogens is 164 g/mol. The first-order chi connectivity index (χ1) is 6.34. The Bertz CT molecular complexity index is 159. The molecule has 1 fully saturated rings. The minimum Gasteiger partial charge on any atom is -0.341 e. The first-order valence-corrected chi connectivity index (χ1v) is 5.33. The molecule has 0 aromatic carbocycles. The van der Waals surface area contributed by atoms with Crippen LogP contribution >= 0.6 is 0 Å². The fraction of sp³-hybridized carbons (Fsp3) is 0.900. The lowest BCUT2D eigenvalue weighted by molar-refractivity contribution is -0.130. The minimum atomic E-state index is 0.343. The zero-order valence-corrected chi connectivity index (χ0v) is 8.51. The lowest BCUT2D eigenvalue weighted by atomic mass is 10.2. The fourth-order valence-corrected chi connectivity index (χ4v) is 1.67. The summed E-state index contributed by atoms with van der Waals surface area (Å²) in [5.74, 6) is 0.343. The summed E-state index contributed by atoms with van der Waals surface area (Å²) < 4.78 is 0. The smallest absolute Gasteiger partial charge is 0.222 e. The van der Waals surface area contributed by atoms with Crippen LogP contribution in [0.4, 0.5) is 0 Å². The SMILES string of the molecule is CCNCCN1CCCCCC1=O. The molecule has 1 amide bonds. The molecule has 1 heterocycles. The number of nitrogens with one attached hydrogen (secondary N) is 1. The molecule has 0 bridgehead atoms. The molecule has 0 spiro atoms. The van der Waals surface area contributed by atoms with E-state index in [4.69, 9.17) is 0 Å². The van der Waals surface area contributed by atoms with Crippen LogP contribution in [-0.4, -0.2) is 37.0 Å². The summed E-state index contributed by atoms with van der Waals surface area (Å²) in [6.07, 6.45) is 4.23. The molecule has 1 aliphatic rings. The van der Waals surface area contributed by atoms with E-state index in [-0.39, 0.29) is 0 Å². The molecule has 0 radical (unpaired) electrons. The molecular formula is C10H20N2O. The van der Waals surface area contributed by atoms with Crippen LogP contribution in [-0.2, 0) is 4.79 Å². The topological polar surface area (TPSA) is 32.3 Å². The van der Waals surface area contributed by atoms with Gasteiger partial charge in [0, 0.05) is 26.1 Å². The number of hydrogen-bond acceptors (Lipinski definition) is 2. The second-order valence-electron chi connectivity index (χ2n) is 3.55. The molecule has 76 valence electrons. The summed E-state index contributed by atoms with van der Waals surface area (Å²) in [6.45, 7) is 5.85. The Kier molecular flexibility index (Phi) is 4.83. The summed E-state index contributed by atoms with van der Waals surface area (Å²) in [6, 6.07) is 0. The van der Waals surface area contributed by atoms with Crippen LogP contribution in [0.2, 0.25) is 0 Å². The first kappa shape index (κ1) is 10.5. The highest BCUT2D eigenvalue weighted by Crippen LogP contribution is 2.10. The van der Waals surface area contributed by atoms with Crippen molar-refractivity contribution in [2.75, 3.05) is 26.2 Å². The number of hydrogen-bond donors (Lipinski definition) is 1. The van der Waals surface area contributed by atoms with E-state index in [9.17, 15) is 4.79 Å². The van der Waals surface area contributed by atoms with Crippen molar-refractivity contribution in [3.8, 4) is 0 Å². The molecule has 1 N–H and O–H groups in total. The molecule has 0 aliphatic carbocycles. The van der Waals surface area contributed by atoms with Crippen LogP contribution in [0.3, 0.4) is 0 Å². The third-order valence-electron chi connectivity index (χ3n) is 2.48. The molecule has 1 rings (SSSR count). The number of rotatable bonds is 4. The van der Waals surface area contributed by atoms with E-state index in [1.54, 1.807) is 0 Å². The average molecular weight is 184 g/mol. The van der Waals surface area contributed by atoms with E-state index < -0.39 is 0 Å². The lowest BCUT2D eigenvalue weighted by Crippen LogP contribution is -2.36. The summed E-state index contributed by atoms with van der Waals surface area (Å²) in [7, 11) is 0. The highest BCUT2D eigenvalue weighted by atomic mass is 16.2. The zero-order valence-electron chi connectivity index (χ0n) is 8.51. The van der Waals surface area contributed by atoms with Gasteiger partial charge in [-0.05, 0) is 19.4 Å². The maximum Gasteiger partial charge on any atom is 0.222 e. The van der Waals surface area contributed by atoms with Crippen LogP contribution < -0.4 is 5.32 Å². The van der Waals surface area contributed by atoms with Gasteiger partial charge in [0.1, 0.15) is 0 Å². The van der Waals surface area contributed by atoms with E-state index in [2.05, 4.69) is 12.2 Å². The van der Waals surface area contributed by atoms with E-state index in [1.165, 1.54) is 12.8 Å². The van der Waals surface area contributed by atoms with E-state index >= 15 is 0 Å². The highest BCUT2D eigenvalue weighted by Gasteiger charge is 2.15. The van der Waals surface area contributed by atoms with Crippen molar-refractivity contribution in [3.63, 3.8) is 0 Å². The van der Waals surface area contributed by atoms with Crippen molar-refractivity contribution in [3.05, 3.63) is 0 Å². The summed E-state index contributed by atoms with van der Waals surface area (Å²) in [5.41, 5.74) is 0. The van der Waals surface area contributed by atoms with Gasteiger partial charge in [0.25, 0.3) is 0 Å². The predicted octanol–water partition coefficient (Wildman–Crippen LogP) is 0.998. The van der Waals surface area contributed by atoms with Crippen molar-refractivity contribution in [2.24, 2.45) is 0 Å². The molecule has 1 aliphatic heterocycles. The Morgan fingerprint density at radius 2 is 2.23 bits per heavy atom. The van der Waals surface area contributed by atoms with E-state index in [1.807, 2.05) is 4.90 Å². The Morgan fingerprint density at radius 3 is 3.00 bits per heavy atom. The first-order valence-electron chi connectivity index (χ1n) is 5.33. The molecule has 3 heteroatoms. The normalized spacial score (nSPS) is 18.8. The van der Waals surface area contributed by atoms with Crippen molar-refractivity contribution in [1.29, 1.82) is 0 Å². The minimum absolute atomic E-state index is 0.343. The molecule has 0 unspecified atom stereocenters. The number of likely N-dealkylation sites (N-methyl/N-ethyl adjacent to an activating group) is 1. The third-order valence-corrected chi connectivity index (χ3v) is 2.48. The standard InChI is InChI=1S/C10H20N2O/c1-2-11-7-9-12-8-5-3-4-6-10(12)13/h11H,2-9H2,1H3. The molecule has 0 aromatic rings. The molecule has 3 nitrogen and oxygen atoms in total. The van der Waals surface area contributed by atoms with E-state index in [0.717, 1.165) is 39.0 Å². The Labute approximate surface area is 80.5 Å². The van der Waals surface area contributed by atoms with Crippen molar-refractivity contribution >= 4 is 5.91 Å². The van der Waals surface area contributed by atoms with Crippen LogP contribution in [0.1, 0.15) is 32.6 Å². The highest BCUT2D eigenvalue weighted by molar-refractivity contribution is 5.76. The third kappa shape index (κ3) is 3.77. The van der Waals surface area contributed by atoms with Gasteiger partial charge in [-0.1, -0.05) is 13.3 Å². The summed E-state index contributed by atoms with van der Waals surface area (Å²) in [4.78, 5) is 13.5. The molecule has 0 atom stereocenters. The molecule has 0 saturated carbocycles. The fourth-order valence-electron chi connectivity index (χ4n) is 1.67. The van der Waals surface area contributed by atoms with Gasteiger partial charge < -0.3 is 10.2 Å². The van der Waals surface area contributed by atoms with Gasteiger partial charge in [0.05, 0.1) is 0 Å². The van der Waals surface area contributed by atoms with Crippen molar-refractivity contribution < 1.29 is 4.79 Å². The lowest BCUT2D eigenvalue weighted by Gasteiger charge is -2.20. The van der Waals surface area contributed by atoms with Gasteiger partial charge in [-0.25, -0.2) is 0 Å². The van der Waals surface area contributed by atoms with Gasteiger partial charge in [-0.3, -0.25) is 4.79 Å². The second-order valence-corrected chi connectivity index (χ2v) is 3.55. The molecule has 13 heavy (non-hydrogen) atoms. The maximum absolute atomic E-state index is 11.5. The van der Waals surface area contributed by atoms with Gasteiger partial charge in [0.2, 0.25) is 5.91 Å². The summed E-state index contributed by atoms with van der Waals surface area (Å²) >= 11 is 0. The van der Waals surface area contributed by atoms with Gasteiger partial charge >= 0.3 is 0 Å².